The van der Waals surface area contributed by atoms with Crippen molar-refractivity contribution in [1.82, 2.24) is 9.88 Å². The standard InChI is InChI=1S/C15H17BrN2O3/c1-18-9-11(16)7-13(18)15(19)17-8-10-6-12(20-2)4-5-14(10)21-3/h4-7,9H,8H2,1-3H3,(H,17,19). The van der Waals surface area contributed by atoms with Gasteiger partial charge in [0.05, 0.1) is 14.2 Å². The Morgan fingerprint density at radius 1 is 1.29 bits per heavy atom. The summed E-state index contributed by atoms with van der Waals surface area (Å²) in [7, 11) is 5.03. The van der Waals surface area contributed by atoms with E-state index in [0.29, 0.717) is 18.0 Å². The summed E-state index contributed by atoms with van der Waals surface area (Å²) < 4.78 is 13.1. The van der Waals surface area contributed by atoms with E-state index in [1.807, 2.05) is 31.4 Å². The Bertz CT molecular complexity index is 652. The third-order valence-corrected chi connectivity index (χ3v) is 3.56. The maximum Gasteiger partial charge on any atom is 0.268 e. The predicted molar refractivity (Wildman–Crippen MR) is 83.8 cm³/mol. The van der Waals surface area contributed by atoms with Crippen LogP contribution in [-0.4, -0.2) is 24.7 Å². The van der Waals surface area contributed by atoms with Crippen LogP contribution < -0.4 is 14.8 Å². The van der Waals surface area contributed by atoms with E-state index >= 15 is 0 Å². The number of ether oxygens (including phenoxy) is 2. The van der Waals surface area contributed by atoms with Crippen LogP contribution >= 0.6 is 15.9 Å². The molecular formula is C15H17BrN2O3. The van der Waals surface area contributed by atoms with Gasteiger partial charge in [-0.3, -0.25) is 4.79 Å². The molecule has 0 spiro atoms. The summed E-state index contributed by atoms with van der Waals surface area (Å²) in [4.78, 5) is 12.2. The number of aromatic nitrogens is 1. The van der Waals surface area contributed by atoms with Crippen LogP contribution in [0.4, 0.5) is 0 Å². The van der Waals surface area contributed by atoms with E-state index in [1.165, 1.54) is 0 Å². The molecular weight excluding hydrogens is 336 g/mol. The van der Waals surface area contributed by atoms with E-state index in [2.05, 4.69) is 21.2 Å². The minimum atomic E-state index is -0.145. The maximum atomic E-state index is 12.2. The fraction of sp³-hybridized carbons (Fsp3) is 0.267. The van der Waals surface area contributed by atoms with Crippen molar-refractivity contribution in [3.05, 3.63) is 46.2 Å². The summed E-state index contributed by atoms with van der Waals surface area (Å²) in [6, 6.07) is 7.26. The van der Waals surface area contributed by atoms with Gasteiger partial charge < -0.3 is 19.4 Å². The monoisotopic (exact) mass is 352 g/mol. The number of nitrogens with zero attached hydrogens (tertiary/aromatic N) is 1. The number of rotatable bonds is 5. The molecule has 21 heavy (non-hydrogen) atoms. The summed E-state index contributed by atoms with van der Waals surface area (Å²) in [6.45, 7) is 0.363. The van der Waals surface area contributed by atoms with E-state index in [4.69, 9.17) is 9.47 Å². The lowest BCUT2D eigenvalue weighted by Crippen LogP contribution is -2.25. The molecule has 6 heteroatoms. The first kappa shape index (κ1) is 15.4. The molecule has 1 amide bonds. The van der Waals surface area contributed by atoms with Gasteiger partial charge in [-0.1, -0.05) is 0 Å². The van der Waals surface area contributed by atoms with Crippen LogP contribution in [0.25, 0.3) is 0 Å². The van der Waals surface area contributed by atoms with Crippen molar-refractivity contribution < 1.29 is 14.3 Å². The molecule has 1 heterocycles. The average molecular weight is 353 g/mol. The second-order valence-electron chi connectivity index (χ2n) is 4.51. The highest BCUT2D eigenvalue weighted by Gasteiger charge is 2.12. The number of hydrogen-bond acceptors (Lipinski definition) is 3. The molecule has 1 aromatic carbocycles. The minimum Gasteiger partial charge on any atom is -0.497 e. The number of hydrogen-bond donors (Lipinski definition) is 1. The number of carbonyl (C=O) groups excluding carboxylic acids is 1. The Morgan fingerprint density at radius 3 is 2.62 bits per heavy atom. The highest BCUT2D eigenvalue weighted by Crippen LogP contribution is 2.24. The zero-order chi connectivity index (χ0) is 15.4. The number of nitrogens with one attached hydrogen (secondary N) is 1. The van der Waals surface area contributed by atoms with Crippen LogP contribution in [0.15, 0.2) is 34.9 Å². The maximum absolute atomic E-state index is 12.2. The fourth-order valence-corrected chi connectivity index (χ4v) is 2.56. The van der Waals surface area contributed by atoms with Gasteiger partial charge in [0.1, 0.15) is 17.2 Å². The van der Waals surface area contributed by atoms with E-state index < -0.39 is 0 Å². The zero-order valence-corrected chi connectivity index (χ0v) is 13.7. The lowest BCUT2D eigenvalue weighted by molar-refractivity contribution is 0.0942. The Hall–Kier alpha value is -1.95. The Kier molecular flexibility index (Phi) is 4.90. The molecule has 5 nitrogen and oxygen atoms in total. The van der Waals surface area contributed by atoms with Crippen molar-refractivity contribution in [2.75, 3.05) is 14.2 Å². The number of methoxy groups -OCH3 is 2. The smallest absolute Gasteiger partial charge is 0.268 e. The van der Waals surface area contributed by atoms with E-state index in [9.17, 15) is 4.79 Å². The van der Waals surface area contributed by atoms with E-state index in [-0.39, 0.29) is 5.91 Å². The molecule has 0 aliphatic rings. The summed E-state index contributed by atoms with van der Waals surface area (Å²) in [5, 5.41) is 2.88. The molecule has 0 radical (unpaired) electrons. The van der Waals surface area contributed by atoms with Gasteiger partial charge >= 0.3 is 0 Å². The Labute approximate surface area is 132 Å². The normalized spacial score (nSPS) is 10.3. The predicted octanol–water partition coefficient (Wildman–Crippen LogP) is 2.73. The quantitative estimate of drug-likeness (QED) is 0.899. The zero-order valence-electron chi connectivity index (χ0n) is 12.1. The molecule has 0 saturated heterocycles. The number of carbonyl (C=O) groups is 1. The molecule has 0 bridgehead atoms. The molecule has 2 aromatic rings. The van der Waals surface area contributed by atoms with Crippen LogP contribution in [0.1, 0.15) is 16.1 Å². The Balaban J connectivity index is 2.12. The molecule has 0 fully saturated rings. The van der Waals surface area contributed by atoms with Crippen LogP contribution in [0, 0.1) is 0 Å². The van der Waals surface area contributed by atoms with Crippen LogP contribution in [0.3, 0.4) is 0 Å². The molecule has 0 aliphatic carbocycles. The molecule has 1 aromatic heterocycles. The summed E-state index contributed by atoms with van der Waals surface area (Å²) in [5.41, 5.74) is 1.45. The topological polar surface area (TPSA) is 52.5 Å². The van der Waals surface area contributed by atoms with Gasteiger partial charge in [0.25, 0.3) is 5.91 Å². The van der Waals surface area contributed by atoms with Crippen molar-refractivity contribution in [3.8, 4) is 11.5 Å². The number of benzene rings is 1. The van der Waals surface area contributed by atoms with Crippen molar-refractivity contribution in [3.63, 3.8) is 0 Å². The van der Waals surface area contributed by atoms with Gasteiger partial charge in [-0.2, -0.15) is 0 Å². The highest BCUT2D eigenvalue weighted by molar-refractivity contribution is 9.10. The van der Waals surface area contributed by atoms with Gasteiger partial charge in [-0.05, 0) is 40.2 Å². The third-order valence-electron chi connectivity index (χ3n) is 3.13. The first-order valence-corrected chi connectivity index (χ1v) is 7.15. The second-order valence-corrected chi connectivity index (χ2v) is 5.43. The molecule has 112 valence electrons. The van der Waals surface area contributed by atoms with Gasteiger partial charge in [0.2, 0.25) is 0 Å². The number of amides is 1. The van der Waals surface area contributed by atoms with Crippen LogP contribution in [-0.2, 0) is 13.6 Å². The first-order chi connectivity index (χ1) is 10.0. The van der Waals surface area contributed by atoms with Crippen molar-refractivity contribution >= 4 is 21.8 Å². The molecule has 0 atom stereocenters. The van der Waals surface area contributed by atoms with Gasteiger partial charge in [0.15, 0.2) is 0 Å². The van der Waals surface area contributed by atoms with Gasteiger partial charge in [-0.15, -0.1) is 0 Å². The molecule has 1 N–H and O–H groups in total. The highest BCUT2D eigenvalue weighted by atomic mass is 79.9. The van der Waals surface area contributed by atoms with Crippen LogP contribution in [0.5, 0.6) is 11.5 Å². The SMILES string of the molecule is COc1ccc(OC)c(CNC(=O)c2cc(Br)cn2C)c1. The number of halogens is 1. The fourth-order valence-electron chi connectivity index (χ4n) is 2.04. The lowest BCUT2D eigenvalue weighted by Gasteiger charge is -2.11. The lowest BCUT2D eigenvalue weighted by atomic mass is 10.2. The minimum absolute atomic E-state index is 0.145. The molecule has 0 saturated carbocycles. The second kappa shape index (κ2) is 6.67. The van der Waals surface area contributed by atoms with Crippen molar-refractivity contribution in [1.29, 1.82) is 0 Å². The first-order valence-electron chi connectivity index (χ1n) is 6.36. The molecule has 0 unspecified atom stereocenters. The molecule has 0 aliphatic heterocycles. The van der Waals surface area contributed by atoms with E-state index in [0.717, 1.165) is 15.8 Å². The molecule has 2 rings (SSSR count). The van der Waals surface area contributed by atoms with Gasteiger partial charge in [0, 0.05) is 29.8 Å². The van der Waals surface area contributed by atoms with Gasteiger partial charge in [-0.25, -0.2) is 0 Å². The summed E-state index contributed by atoms with van der Waals surface area (Å²) in [6.07, 6.45) is 1.83. The average Bonchev–Trinajstić information content (AvgIpc) is 2.83. The van der Waals surface area contributed by atoms with Crippen LogP contribution in [0.2, 0.25) is 0 Å². The number of aryl methyl sites for hydroxylation is 1. The third kappa shape index (κ3) is 3.58. The largest absolute Gasteiger partial charge is 0.497 e. The summed E-state index contributed by atoms with van der Waals surface area (Å²) in [5.74, 6) is 1.29. The van der Waals surface area contributed by atoms with Crippen molar-refractivity contribution in [2.45, 2.75) is 6.54 Å². The summed E-state index contributed by atoms with van der Waals surface area (Å²) >= 11 is 3.35. The van der Waals surface area contributed by atoms with Crippen molar-refractivity contribution in [2.24, 2.45) is 7.05 Å². The Morgan fingerprint density at radius 2 is 2.05 bits per heavy atom. The van der Waals surface area contributed by atoms with E-state index in [1.54, 1.807) is 24.9 Å².